The molecule has 1 aliphatic carbocycles. The van der Waals surface area contributed by atoms with Crippen LogP contribution in [0.15, 0.2) is 10.9 Å². The maximum atomic E-state index is 12.9. The molecule has 2 N–H and O–H groups in total. The van der Waals surface area contributed by atoms with E-state index < -0.39 is 0 Å². The molecule has 0 aromatic carbocycles. The summed E-state index contributed by atoms with van der Waals surface area (Å²) in [5.74, 6) is 0.760. The van der Waals surface area contributed by atoms with E-state index in [0.29, 0.717) is 24.8 Å². The first-order valence-electron chi connectivity index (χ1n) is 9.15. The van der Waals surface area contributed by atoms with Crippen LogP contribution in [-0.4, -0.2) is 48.7 Å². The number of aromatic nitrogens is 2. The topological polar surface area (TPSA) is 87.3 Å². The van der Waals surface area contributed by atoms with E-state index in [0.717, 1.165) is 45.1 Å². The molecule has 2 heterocycles. The van der Waals surface area contributed by atoms with E-state index in [-0.39, 0.29) is 22.9 Å². The third-order valence-corrected chi connectivity index (χ3v) is 5.51. The lowest BCUT2D eigenvalue weighted by Gasteiger charge is -2.29. The van der Waals surface area contributed by atoms with Gasteiger partial charge < -0.3 is 15.0 Å². The first-order chi connectivity index (χ1) is 12.0. The molecule has 0 unspecified atom stereocenters. The molecule has 3 rings (SSSR count). The lowest BCUT2D eigenvalue weighted by Crippen LogP contribution is -2.46. The number of H-pyrrole nitrogens is 1. The molecule has 1 saturated carbocycles. The van der Waals surface area contributed by atoms with Crippen molar-refractivity contribution in [1.82, 2.24) is 15.3 Å². The summed E-state index contributed by atoms with van der Waals surface area (Å²) in [7, 11) is 1.69. The zero-order valence-electron chi connectivity index (χ0n) is 15.1. The number of hydrogen-bond donors (Lipinski definition) is 2. The van der Waals surface area contributed by atoms with E-state index in [1.54, 1.807) is 7.11 Å². The summed E-state index contributed by atoms with van der Waals surface area (Å²) in [4.78, 5) is 33.8. The number of anilines is 1. The van der Waals surface area contributed by atoms with Crippen LogP contribution in [0, 0.1) is 12.3 Å². The highest BCUT2D eigenvalue weighted by molar-refractivity contribution is 5.83. The van der Waals surface area contributed by atoms with Crippen LogP contribution in [0.4, 0.5) is 5.95 Å². The van der Waals surface area contributed by atoms with Gasteiger partial charge in [0.25, 0.3) is 5.56 Å². The van der Waals surface area contributed by atoms with Crippen molar-refractivity contribution in [2.45, 2.75) is 51.5 Å². The number of aromatic amines is 1. The minimum Gasteiger partial charge on any atom is -0.385 e. The number of nitrogens with one attached hydrogen (secondary N) is 2. The monoisotopic (exact) mass is 348 g/mol. The quantitative estimate of drug-likeness (QED) is 0.811. The van der Waals surface area contributed by atoms with Crippen LogP contribution in [0.2, 0.25) is 0 Å². The molecule has 1 atom stereocenters. The first-order valence-corrected chi connectivity index (χ1v) is 9.15. The van der Waals surface area contributed by atoms with Crippen LogP contribution in [0.25, 0.3) is 0 Å². The highest BCUT2D eigenvalue weighted by atomic mass is 16.5. The summed E-state index contributed by atoms with van der Waals surface area (Å²) in [6.45, 7) is 3.90. The van der Waals surface area contributed by atoms with Crippen molar-refractivity contribution >= 4 is 11.9 Å². The van der Waals surface area contributed by atoms with Crippen molar-refractivity contribution in [2.24, 2.45) is 5.41 Å². The molecule has 1 aliphatic heterocycles. The van der Waals surface area contributed by atoms with Crippen molar-refractivity contribution in [1.29, 1.82) is 0 Å². The number of hydrogen-bond acceptors (Lipinski definition) is 5. The van der Waals surface area contributed by atoms with Gasteiger partial charge in [0.1, 0.15) is 0 Å². The van der Waals surface area contributed by atoms with Crippen molar-refractivity contribution in [3.8, 4) is 0 Å². The van der Waals surface area contributed by atoms with Gasteiger partial charge in [-0.05, 0) is 32.6 Å². The zero-order chi connectivity index (χ0) is 17.9. The largest absolute Gasteiger partial charge is 0.385 e. The van der Waals surface area contributed by atoms with Crippen LogP contribution in [0.3, 0.4) is 0 Å². The Morgan fingerprint density at radius 3 is 2.92 bits per heavy atom. The van der Waals surface area contributed by atoms with Gasteiger partial charge in [0, 0.05) is 44.6 Å². The minimum atomic E-state index is -0.265. The standard InChI is InChI=1S/C18H28N4O3/c1-13-11-15(23)21-17(19-13)22-9-5-14(12-22)20-16(24)18(8-10-25-2)6-3-4-7-18/h11,14H,3-10,12H2,1-2H3,(H,20,24)(H,19,21,23)/t14-/m0/s1. The van der Waals surface area contributed by atoms with Crippen LogP contribution >= 0.6 is 0 Å². The number of amides is 1. The van der Waals surface area contributed by atoms with Crippen molar-refractivity contribution in [2.75, 3.05) is 31.7 Å². The third kappa shape index (κ3) is 4.03. The molecule has 1 aromatic heterocycles. The van der Waals surface area contributed by atoms with Gasteiger partial charge in [0.15, 0.2) is 0 Å². The van der Waals surface area contributed by atoms with Gasteiger partial charge >= 0.3 is 0 Å². The third-order valence-electron chi connectivity index (χ3n) is 5.51. The average Bonchev–Trinajstić information content (AvgIpc) is 3.22. The fraction of sp³-hybridized carbons (Fsp3) is 0.722. The average molecular weight is 348 g/mol. The minimum absolute atomic E-state index is 0.0957. The highest BCUT2D eigenvalue weighted by Gasteiger charge is 2.41. The Hall–Kier alpha value is -1.89. The molecule has 1 aromatic rings. The van der Waals surface area contributed by atoms with Gasteiger partial charge in [0.2, 0.25) is 11.9 Å². The normalized spacial score (nSPS) is 22.3. The van der Waals surface area contributed by atoms with E-state index in [2.05, 4.69) is 15.3 Å². The molecule has 0 bridgehead atoms. The van der Waals surface area contributed by atoms with E-state index in [4.69, 9.17) is 4.74 Å². The summed E-state index contributed by atoms with van der Waals surface area (Å²) in [6, 6.07) is 1.58. The van der Waals surface area contributed by atoms with Crippen LogP contribution in [0.1, 0.15) is 44.2 Å². The molecular weight excluding hydrogens is 320 g/mol. The van der Waals surface area contributed by atoms with E-state index in [1.807, 2.05) is 11.8 Å². The SMILES string of the molecule is COCCC1(C(=O)N[C@H]2CCN(c3nc(C)cc(=O)[nH]3)C2)CCCC1. The first kappa shape index (κ1) is 17.9. The molecule has 138 valence electrons. The molecule has 25 heavy (non-hydrogen) atoms. The Labute approximate surface area is 148 Å². The molecule has 1 amide bonds. The Balaban J connectivity index is 1.62. The summed E-state index contributed by atoms with van der Waals surface area (Å²) in [5.41, 5.74) is 0.300. The molecule has 7 nitrogen and oxygen atoms in total. The zero-order valence-corrected chi connectivity index (χ0v) is 15.1. The van der Waals surface area contributed by atoms with Crippen molar-refractivity contribution in [3.05, 3.63) is 22.1 Å². The Morgan fingerprint density at radius 1 is 1.48 bits per heavy atom. The summed E-state index contributed by atoms with van der Waals surface area (Å²) in [6.07, 6.45) is 5.78. The van der Waals surface area contributed by atoms with Gasteiger partial charge in [0.05, 0.1) is 5.41 Å². The van der Waals surface area contributed by atoms with Gasteiger partial charge in [-0.15, -0.1) is 0 Å². The Kier molecular flexibility index (Phi) is 5.42. The second-order valence-electron chi connectivity index (χ2n) is 7.35. The number of methoxy groups -OCH3 is 1. The maximum absolute atomic E-state index is 12.9. The van der Waals surface area contributed by atoms with E-state index >= 15 is 0 Å². The molecule has 0 radical (unpaired) electrons. The Morgan fingerprint density at radius 2 is 2.24 bits per heavy atom. The fourth-order valence-corrected chi connectivity index (χ4v) is 4.06. The van der Waals surface area contributed by atoms with Crippen molar-refractivity contribution < 1.29 is 9.53 Å². The fourth-order valence-electron chi connectivity index (χ4n) is 4.06. The van der Waals surface area contributed by atoms with Gasteiger partial charge in [-0.3, -0.25) is 14.6 Å². The number of nitrogens with zero attached hydrogens (tertiary/aromatic N) is 2. The van der Waals surface area contributed by atoms with Gasteiger partial charge in [-0.2, -0.15) is 0 Å². The Bertz CT molecular complexity index is 667. The number of carbonyl (C=O) groups is 1. The predicted molar refractivity (Wildman–Crippen MR) is 95.7 cm³/mol. The number of carbonyl (C=O) groups excluding carboxylic acids is 1. The smallest absolute Gasteiger partial charge is 0.252 e. The van der Waals surface area contributed by atoms with E-state index in [1.165, 1.54) is 6.07 Å². The lowest BCUT2D eigenvalue weighted by molar-refractivity contribution is -0.132. The molecule has 2 aliphatic rings. The number of aryl methyl sites for hydroxylation is 1. The van der Waals surface area contributed by atoms with Crippen LogP contribution in [-0.2, 0) is 9.53 Å². The van der Waals surface area contributed by atoms with Gasteiger partial charge in [-0.1, -0.05) is 12.8 Å². The maximum Gasteiger partial charge on any atom is 0.252 e. The molecule has 0 spiro atoms. The van der Waals surface area contributed by atoms with Crippen molar-refractivity contribution in [3.63, 3.8) is 0 Å². The number of rotatable bonds is 6. The number of ether oxygens (including phenoxy) is 1. The molecular formula is C18H28N4O3. The summed E-state index contributed by atoms with van der Waals surface area (Å²) in [5, 5.41) is 3.24. The molecule has 7 heteroatoms. The molecule has 1 saturated heterocycles. The van der Waals surface area contributed by atoms with Crippen LogP contribution in [0.5, 0.6) is 0 Å². The second-order valence-corrected chi connectivity index (χ2v) is 7.35. The summed E-state index contributed by atoms with van der Waals surface area (Å²) < 4.78 is 5.22. The predicted octanol–water partition coefficient (Wildman–Crippen LogP) is 1.37. The lowest BCUT2D eigenvalue weighted by atomic mass is 9.81. The highest BCUT2D eigenvalue weighted by Crippen LogP contribution is 2.41. The van der Waals surface area contributed by atoms with E-state index in [9.17, 15) is 9.59 Å². The summed E-state index contributed by atoms with van der Waals surface area (Å²) >= 11 is 0. The van der Waals surface area contributed by atoms with Crippen LogP contribution < -0.4 is 15.8 Å². The van der Waals surface area contributed by atoms with Gasteiger partial charge in [-0.25, -0.2) is 4.98 Å². The molecule has 2 fully saturated rings. The second kappa shape index (κ2) is 7.56.